The third kappa shape index (κ3) is 8.01. The minimum atomic E-state index is -0.573. The summed E-state index contributed by atoms with van der Waals surface area (Å²) in [5.74, 6) is -0.229. The Hall–Kier alpha value is -0.610. The van der Waals surface area contributed by atoms with Crippen LogP contribution in [0.4, 0.5) is 0 Å². The van der Waals surface area contributed by atoms with E-state index in [4.69, 9.17) is 4.74 Å². The molecule has 0 saturated heterocycles. The number of likely N-dealkylation sites (N-methyl/N-ethyl adjacent to an activating group) is 1. The molecule has 4 heteroatoms. The number of rotatable bonds is 6. The number of carbonyl (C=O) groups excluding carboxylic acids is 1. The maximum Gasteiger partial charge on any atom is 0.305 e. The maximum absolute atomic E-state index is 11.0. The quantitative estimate of drug-likeness (QED) is 0.503. The van der Waals surface area contributed by atoms with E-state index in [-0.39, 0.29) is 12.6 Å². The fourth-order valence-electron chi connectivity index (χ4n) is 1.15. The van der Waals surface area contributed by atoms with E-state index in [1.54, 1.807) is 0 Å². The van der Waals surface area contributed by atoms with Crippen LogP contribution in [-0.4, -0.2) is 56.0 Å². The maximum atomic E-state index is 11.0. The standard InChI is InChI=1S/C10H22NO3/c1-5-6-10(13)14-8-9(12)7-11(2,3)4/h9,12H,5-8H2,1-4H3/q+1. The van der Waals surface area contributed by atoms with Gasteiger partial charge < -0.3 is 14.3 Å². The van der Waals surface area contributed by atoms with Gasteiger partial charge in [0, 0.05) is 6.42 Å². The third-order valence-electron chi connectivity index (χ3n) is 1.65. The molecule has 0 aliphatic heterocycles. The van der Waals surface area contributed by atoms with Gasteiger partial charge in [0.05, 0.1) is 21.1 Å². The highest BCUT2D eigenvalue weighted by molar-refractivity contribution is 5.69. The second-order valence-corrected chi connectivity index (χ2v) is 4.56. The van der Waals surface area contributed by atoms with E-state index in [1.807, 2.05) is 28.1 Å². The van der Waals surface area contributed by atoms with Crippen molar-refractivity contribution in [3.05, 3.63) is 0 Å². The fourth-order valence-corrected chi connectivity index (χ4v) is 1.15. The van der Waals surface area contributed by atoms with Crippen LogP contribution in [0.1, 0.15) is 19.8 Å². The predicted molar refractivity (Wildman–Crippen MR) is 54.8 cm³/mol. The second-order valence-electron chi connectivity index (χ2n) is 4.56. The Morgan fingerprint density at radius 2 is 2.00 bits per heavy atom. The SMILES string of the molecule is CCCC(=O)OCC(O)C[N+](C)(C)C. The Bertz CT molecular complexity index is 175. The summed E-state index contributed by atoms with van der Waals surface area (Å²) < 4.78 is 5.55. The first-order valence-electron chi connectivity index (χ1n) is 4.99. The van der Waals surface area contributed by atoms with E-state index in [0.29, 0.717) is 17.4 Å². The largest absolute Gasteiger partial charge is 0.463 e. The summed E-state index contributed by atoms with van der Waals surface area (Å²) in [6, 6.07) is 0. The van der Waals surface area contributed by atoms with Gasteiger partial charge in [-0.3, -0.25) is 4.79 Å². The van der Waals surface area contributed by atoms with Crippen LogP contribution in [0.3, 0.4) is 0 Å². The van der Waals surface area contributed by atoms with Crippen LogP contribution in [0.2, 0.25) is 0 Å². The molecule has 0 rings (SSSR count). The number of ether oxygens (including phenoxy) is 1. The van der Waals surface area contributed by atoms with Crippen LogP contribution in [0.15, 0.2) is 0 Å². The molecule has 0 saturated carbocycles. The van der Waals surface area contributed by atoms with Gasteiger partial charge in [-0.05, 0) is 6.42 Å². The summed E-state index contributed by atoms with van der Waals surface area (Å²) in [6.45, 7) is 2.61. The third-order valence-corrected chi connectivity index (χ3v) is 1.65. The number of hydrogen-bond donors (Lipinski definition) is 1. The summed E-state index contributed by atoms with van der Waals surface area (Å²) in [6.07, 6.45) is 0.636. The lowest BCUT2D eigenvalue weighted by Crippen LogP contribution is -2.43. The van der Waals surface area contributed by atoms with E-state index in [2.05, 4.69) is 0 Å². The number of esters is 1. The zero-order chi connectivity index (χ0) is 11.2. The highest BCUT2D eigenvalue weighted by Crippen LogP contribution is 1.98. The molecule has 0 aliphatic rings. The van der Waals surface area contributed by atoms with Crippen LogP contribution in [0.5, 0.6) is 0 Å². The molecule has 0 heterocycles. The van der Waals surface area contributed by atoms with Crippen molar-refractivity contribution in [1.82, 2.24) is 0 Å². The molecule has 4 nitrogen and oxygen atoms in total. The Kier molecular flexibility index (Phi) is 5.72. The summed E-state index contributed by atoms with van der Waals surface area (Å²) in [7, 11) is 5.95. The van der Waals surface area contributed by atoms with Crippen LogP contribution in [-0.2, 0) is 9.53 Å². The molecule has 1 atom stereocenters. The molecule has 1 N–H and O–H groups in total. The van der Waals surface area contributed by atoms with Crippen LogP contribution >= 0.6 is 0 Å². The molecular formula is C10H22NO3+. The molecule has 84 valence electrons. The summed E-state index contributed by atoms with van der Waals surface area (Å²) in [5.41, 5.74) is 0. The molecule has 0 aromatic heterocycles. The lowest BCUT2D eigenvalue weighted by molar-refractivity contribution is -0.873. The molecule has 0 aromatic rings. The molecule has 0 bridgehead atoms. The van der Waals surface area contributed by atoms with E-state index >= 15 is 0 Å². The predicted octanol–water partition coefficient (Wildman–Crippen LogP) is 0.397. The second kappa shape index (κ2) is 5.98. The van der Waals surface area contributed by atoms with Crippen molar-refractivity contribution >= 4 is 5.97 Å². The molecular weight excluding hydrogens is 182 g/mol. The number of hydrogen-bond acceptors (Lipinski definition) is 3. The van der Waals surface area contributed by atoms with Gasteiger partial charge in [-0.15, -0.1) is 0 Å². The molecule has 0 fully saturated rings. The number of nitrogens with zero attached hydrogens (tertiary/aromatic N) is 1. The van der Waals surface area contributed by atoms with Crippen molar-refractivity contribution in [3.63, 3.8) is 0 Å². The Morgan fingerprint density at radius 1 is 1.43 bits per heavy atom. The van der Waals surface area contributed by atoms with E-state index in [9.17, 15) is 9.90 Å². The first-order chi connectivity index (χ1) is 6.35. The number of aliphatic hydroxyl groups excluding tert-OH is 1. The van der Waals surface area contributed by atoms with E-state index < -0.39 is 6.10 Å². The average molecular weight is 204 g/mol. The highest BCUT2D eigenvalue weighted by atomic mass is 16.5. The molecule has 0 aromatic carbocycles. The lowest BCUT2D eigenvalue weighted by Gasteiger charge is -2.26. The van der Waals surface area contributed by atoms with Crippen molar-refractivity contribution < 1.29 is 19.1 Å². The highest BCUT2D eigenvalue weighted by Gasteiger charge is 2.16. The normalized spacial score (nSPS) is 13.8. The summed E-state index contributed by atoms with van der Waals surface area (Å²) in [4.78, 5) is 11.0. The summed E-state index contributed by atoms with van der Waals surface area (Å²) in [5, 5.41) is 9.51. The Balaban J connectivity index is 3.63. The van der Waals surface area contributed by atoms with Crippen molar-refractivity contribution in [3.8, 4) is 0 Å². The van der Waals surface area contributed by atoms with Crippen molar-refractivity contribution in [1.29, 1.82) is 0 Å². The van der Waals surface area contributed by atoms with Gasteiger partial charge in [-0.2, -0.15) is 0 Å². The van der Waals surface area contributed by atoms with Crippen LogP contribution in [0.25, 0.3) is 0 Å². The molecule has 14 heavy (non-hydrogen) atoms. The topological polar surface area (TPSA) is 46.5 Å². The van der Waals surface area contributed by atoms with Gasteiger partial charge in [-0.1, -0.05) is 6.92 Å². The Labute approximate surface area is 86.1 Å². The fraction of sp³-hybridized carbons (Fsp3) is 0.900. The smallest absolute Gasteiger partial charge is 0.305 e. The number of quaternary nitrogens is 1. The van der Waals surface area contributed by atoms with Crippen LogP contribution in [0, 0.1) is 0 Å². The molecule has 1 unspecified atom stereocenters. The van der Waals surface area contributed by atoms with Crippen molar-refractivity contribution in [2.75, 3.05) is 34.3 Å². The minimum Gasteiger partial charge on any atom is -0.463 e. The first kappa shape index (κ1) is 13.4. The van der Waals surface area contributed by atoms with Gasteiger partial charge in [0.2, 0.25) is 0 Å². The zero-order valence-electron chi connectivity index (χ0n) is 9.62. The van der Waals surface area contributed by atoms with Crippen LogP contribution < -0.4 is 0 Å². The van der Waals surface area contributed by atoms with Gasteiger partial charge in [0.1, 0.15) is 19.3 Å². The lowest BCUT2D eigenvalue weighted by atomic mass is 10.3. The van der Waals surface area contributed by atoms with Crippen molar-refractivity contribution in [2.45, 2.75) is 25.9 Å². The minimum absolute atomic E-state index is 0.106. The molecule has 0 radical (unpaired) electrons. The van der Waals surface area contributed by atoms with Gasteiger partial charge in [0.15, 0.2) is 0 Å². The van der Waals surface area contributed by atoms with E-state index in [0.717, 1.165) is 6.42 Å². The average Bonchev–Trinajstić information content (AvgIpc) is 1.98. The number of carbonyl (C=O) groups is 1. The zero-order valence-corrected chi connectivity index (χ0v) is 9.62. The molecule has 0 amide bonds. The molecule has 0 aliphatic carbocycles. The molecule has 0 spiro atoms. The number of aliphatic hydroxyl groups is 1. The van der Waals surface area contributed by atoms with Gasteiger partial charge in [0.25, 0.3) is 0 Å². The van der Waals surface area contributed by atoms with Gasteiger partial charge >= 0.3 is 5.97 Å². The van der Waals surface area contributed by atoms with Crippen molar-refractivity contribution in [2.24, 2.45) is 0 Å². The summed E-state index contributed by atoms with van der Waals surface area (Å²) >= 11 is 0. The van der Waals surface area contributed by atoms with Gasteiger partial charge in [-0.25, -0.2) is 0 Å². The first-order valence-corrected chi connectivity index (χ1v) is 4.99. The monoisotopic (exact) mass is 204 g/mol. The van der Waals surface area contributed by atoms with E-state index in [1.165, 1.54) is 0 Å². The Morgan fingerprint density at radius 3 is 2.43 bits per heavy atom.